The number of amides is 1. The number of aromatic nitrogens is 1. The molecule has 5 aliphatic carbocycles. The van der Waals surface area contributed by atoms with Crippen LogP contribution < -0.4 is 5.32 Å². The van der Waals surface area contributed by atoms with Gasteiger partial charge in [-0.1, -0.05) is 58.4 Å². The summed E-state index contributed by atoms with van der Waals surface area (Å²) in [6.45, 7) is 19.0. The van der Waals surface area contributed by atoms with Gasteiger partial charge in [0.25, 0.3) is 5.91 Å². The Labute approximate surface area is 257 Å². The summed E-state index contributed by atoms with van der Waals surface area (Å²) in [5, 5.41) is 14.3. The van der Waals surface area contributed by atoms with Gasteiger partial charge in [-0.2, -0.15) is 0 Å². The van der Waals surface area contributed by atoms with E-state index in [1.165, 1.54) is 18.4 Å². The number of carboxylic acid groups (broad SMARTS) is 1. The summed E-state index contributed by atoms with van der Waals surface area (Å²) in [5.74, 6) is 1.37. The van der Waals surface area contributed by atoms with E-state index >= 15 is 0 Å². The molecule has 0 unspecified atom stereocenters. The number of nitrogens with zero attached hydrogens (tertiary/aromatic N) is 1. The quantitative estimate of drug-likeness (QED) is 0.270. The maximum absolute atomic E-state index is 13.3. The summed E-state index contributed by atoms with van der Waals surface area (Å²) in [7, 11) is 0. The smallest absolute Gasteiger partial charge is 0.309 e. The van der Waals surface area contributed by atoms with Crippen LogP contribution in [0.1, 0.15) is 116 Å². The molecule has 0 saturated heterocycles. The Morgan fingerprint density at radius 2 is 1.69 bits per heavy atom. The Morgan fingerprint density at radius 3 is 2.36 bits per heavy atom. The molecule has 42 heavy (non-hydrogen) atoms. The number of fused-ring (bicyclic) bond motifs is 7. The Balaban J connectivity index is 1.30. The highest BCUT2D eigenvalue weighted by molar-refractivity contribution is 6.32. The second-order valence-electron chi connectivity index (χ2n) is 16.4. The number of allylic oxidation sites excluding steroid dienone is 1. The molecule has 0 radical (unpaired) electrons. The summed E-state index contributed by atoms with van der Waals surface area (Å²) >= 11 is 6.28. The lowest BCUT2D eigenvalue weighted by Crippen LogP contribution is -2.68. The van der Waals surface area contributed by atoms with Crippen LogP contribution in [0, 0.1) is 56.7 Å². The van der Waals surface area contributed by atoms with Crippen LogP contribution in [0.3, 0.4) is 0 Å². The minimum absolute atomic E-state index is 0.0576. The topological polar surface area (TPSA) is 79.3 Å². The molecule has 1 aromatic heterocycles. The third kappa shape index (κ3) is 3.90. The van der Waals surface area contributed by atoms with E-state index in [-0.39, 0.29) is 44.7 Å². The van der Waals surface area contributed by atoms with Crippen molar-refractivity contribution in [3.05, 3.63) is 41.2 Å². The monoisotopic (exact) mass is 594 g/mol. The molecule has 10 atom stereocenters. The second-order valence-corrected chi connectivity index (χ2v) is 16.7. The van der Waals surface area contributed by atoms with E-state index < -0.39 is 11.4 Å². The molecule has 1 amide bonds. The molecule has 1 heterocycles. The molecule has 0 bridgehead atoms. The molecule has 6 heteroatoms. The van der Waals surface area contributed by atoms with Crippen LogP contribution in [0.25, 0.3) is 0 Å². The van der Waals surface area contributed by atoms with Gasteiger partial charge in [0.15, 0.2) is 0 Å². The minimum Gasteiger partial charge on any atom is -0.481 e. The van der Waals surface area contributed by atoms with Crippen molar-refractivity contribution in [2.24, 2.45) is 56.7 Å². The molecule has 6 rings (SSSR count). The van der Waals surface area contributed by atoms with Crippen molar-refractivity contribution in [2.45, 2.75) is 112 Å². The molecule has 1 aromatic rings. The fourth-order valence-electron chi connectivity index (χ4n) is 12.6. The average molecular weight is 595 g/mol. The maximum Gasteiger partial charge on any atom is 0.309 e. The first kappa shape index (κ1) is 30.2. The van der Waals surface area contributed by atoms with Gasteiger partial charge in [0.05, 0.1) is 11.0 Å². The van der Waals surface area contributed by atoms with Crippen molar-refractivity contribution in [1.29, 1.82) is 0 Å². The Hall–Kier alpha value is -1.88. The maximum atomic E-state index is 13.3. The number of carbonyl (C=O) groups is 2. The Morgan fingerprint density at radius 1 is 0.952 bits per heavy atom. The van der Waals surface area contributed by atoms with Gasteiger partial charge in [-0.25, -0.2) is 4.98 Å². The largest absolute Gasteiger partial charge is 0.481 e. The number of pyridine rings is 1. The van der Waals surface area contributed by atoms with E-state index in [1.54, 1.807) is 18.3 Å². The van der Waals surface area contributed by atoms with Crippen LogP contribution in [0.15, 0.2) is 30.5 Å². The Kier molecular flexibility index (Phi) is 7.04. The highest BCUT2D eigenvalue weighted by Crippen LogP contribution is 2.77. The first-order chi connectivity index (χ1) is 19.6. The molecular formula is C36H51ClN2O3. The number of carbonyl (C=O) groups excluding carboxylic acids is 1. The second kappa shape index (κ2) is 9.81. The van der Waals surface area contributed by atoms with Crippen LogP contribution >= 0.6 is 11.6 Å². The fraction of sp³-hybridized carbons (Fsp3) is 0.750. The zero-order valence-corrected chi connectivity index (χ0v) is 27.3. The average Bonchev–Trinajstić information content (AvgIpc) is 3.32. The standard InChI is InChI=1S/C36H51ClN2O3/c1-21(2)22-12-17-36(31(41)42)19-18-34(6)24(28(22)36)10-11-26-33(5)15-14-27(32(3,4)25(33)13-16-35(26,34)7)39-30(40)23-9-8-20-38-29(23)37/h8-9,20,22,24-28H,1,10-19H2,2-7H3,(H,39,40)(H,41,42)/t22-,24+,25-,26+,27-,28+,33-,34+,35+,36-/m0/s1. The number of hydrogen-bond acceptors (Lipinski definition) is 3. The summed E-state index contributed by atoms with van der Waals surface area (Å²) in [6.07, 6.45) is 11.9. The van der Waals surface area contributed by atoms with E-state index in [2.05, 4.69) is 58.4 Å². The van der Waals surface area contributed by atoms with Crippen LogP contribution in [0.4, 0.5) is 0 Å². The number of carboxylic acids is 1. The molecule has 0 spiro atoms. The van der Waals surface area contributed by atoms with Gasteiger partial charge in [-0.05, 0) is 135 Å². The number of rotatable bonds is 4. The SMILES string of the molecule is C=C(C)[C@@H]1CC[C@]2(C(=O)O)CC[C@]3(C)[C@H](CC[C@@H]4[C@@]5(C)CC[C@H](NC(=O)c6cccnc6Cl)C(C)(C)[C@@H]5CC[C@]43C)[C@@H]12. The highest BCUT2D eigenvalue weighted by atomic mass is 35.5. The molecule has 5 nitrogen and oxygen atoms in total. The van der Waals surface area contributed by atoms with E-state index in [0.29, 0.717) is 29.2 Å². The number of nitrogens with one attached hydrogen (secondary N) is 1. The van der Waals surface area contributed by atoms with Gasteiger partial charge in [0, 0.05) is 12.2 Å². The van der Waals surface area contributed by atoms with Gasteiger partial charge in [0.1, 0.15) is 5.15 Å². The predicted molar refractivity (Wildman–Crippen MR) is 167 cm³/mol. The van der Waals surface area contributed by atoms with Crippen molar-refractivity contribution in [3.8, 4) is 0 Å². The number of aliphatic carboxylic acids is 1. The van der Waals surface area contributed by atoms with E-state index in [0.717, 1.165) is 51.4 Å². The lowest BCUT2D eigenvalue weighted by atomic mass is 9.32. The van der Waals surface area contributed by atoms with Crippen molar-refractivity contribution in [1.82, 2.24) is 10.3 Å². The third-order valence-corrected chi connectivity index (χ3v) is 15.1. The van der Waals surface area contributed by atoms with Crippen molar-refractivity contribution in [2.75, 3.05) is 0 Å². The normalized spacial score (nSPS) is 45.5. The van der Waals surface area contributed by atoms with Gasteiger partial charge in [0.2, 0.25) is 0 Å². The molecule has 230 valence electrons. The summed E-state index contributed by atoms with van der Waals surface area (Å²) in [4.78, 5) is 30.3. The van der Waals surface area contributed by atoms with Crippen LogP contribution in [-0.4, -0.2) is 28.0 Å². The van der Waals surface area contributed by atoms with Gasteiger partial charge in [-0.15, -0.1) is 0 Å². The summed E-state index contributed by atoms with van der Waals surface area (Å²) < 4.78 is 0. The zero-order valence-electron chi connectivity index (χ0n) is 26.6. The van der Waals surface area contributed by atoms with Crippen LogP contribution in [0.2, 0.25) is 5.15 Å². The van der Waals surface area contributed by atoms with Gasteiger partial charge < -0.3 is 10.4 Å². The van der Waals surface area contributed by atoms with E-state index in [4.69, 9.17) is 11.6 Å². The Bertz CT molecular complexity index is 1310. The number of halogens is 1. The molecule has 5 fully saturated rings. The van der Waals surface area contributed by atoms with Crippen LogP contribution in [-0.2, 0) is 4.79 Å². The lowest BCUT2D eigenvalue weighted by Gasteiger charge is -2.73. The van der Waals surface area contributed by atoms with E-state index in [9.17, 15) is 14.7 Å². The molecule has 0 aliphatic heterocycles. The lowest BCUT2D eigenvalue weighted by molar-refractivity contribution is -0.240. The summed E-state index contributed by atoms with van der Waals surface area (Å²) in [6, 6.07) is 3.59. The van der Waals surface area contributed by atoms with Crippen molar-refractivity contribution < 1.29 is 14.7 Å². The van der Waals surface area contributed by atoms with Crippen molar-refractivity contribution >= 4 is 23.5 Å². The molecule has 2 N–H and O–H groups in total. The van der Waals surface area contributed by atoms with Gasteiger partial charge in [-0.3, -0.25) is 9.59 Å². The third-order valence-electron chi connectivity index (χ3n) is 14.8. The molecule has 5 aliphatic rings. The van der Waals surface area contributed by atoms with Crippen LogP contribution in [0.5, 0.6) is 0 Å². The number of hydrogen-bond donors (Lipinski definition) is 2. The first-order valence-electron chi connectivity index (χ1n) is 16.4. The zero-order chi connectivity index (χ0) is 30.5. The van der Waals surface area contributed by atoms with E-state index in [1.807, 2.05) is 0 Å². The first-order valence-corrected chi connectivity index (χ1v) is 16.8. The summed E-state index contributed by atoms with van der Waals surface area (Å²) in [5.41, 5.74) is 1.47. The minimum atomic E-state index is -0.576. The van der Waals surface area contributed by atoms with Gasteiger partial charge >= 0.3 is 5.97 Å². The van der Waals surface area contributed by atoms with Crippen molar-refractivity contribution in [3.63, 3.8) is 0 Å². The molecular weight excluding hydrogens is 544 g/mol. The molecule has 5 saturated carbocycles. The predicted octanol–water partition coefficient (Wildman–Crippen LogP) is 8.58. The fourth-order valence-corrected chi connectivity index (χ4v) is 12.8. The highest BCUT2D eigenvalue weighted by Gasteiger charge is 2.72. The molecule has 0 aromatic carbocycles.